The number of pyridine rings is 2. The van der Waals surface area contributed by atoms with Gasteiger partial charge < -0.3 is 5.32 Å². The van der Waals surface area contributed by atoms with E-state index >= 15 is 0 Å². The molecule has 2 heterocycles. The average Bonchev–Trinajstić information content (AvgIpc) is 2.57. The summed E-state index contributed by atoms with van der Waals surface area (Å²) in [4.78, 5) is 8.55. The van der Waals surface area contributed by atoms with E-state index in [0.717, 1.165) is 36.6 Å². The molecule has 0 saturated heterocycles. The summed E-state index contributed by atoms with van der Waals surface area (Å²) >= 11 is 5.89. The number of aryl methyl sites for hydroxylation is 1. The van der Waals surface area contributed by atoms with Gasteiger partial charge in [0.25, 0.3) is 0 Å². The van der Waals surface area contributed by atoms with Crippen LogP contribution in [0, 0.1) is 6.92 Å². The number of hydrogen-bond donors (Lipinski definition) is 2. The van der Waals surface area contributed by atoms with Crippen LogP contribution in [0.15, 0.2) is 47.7 Å². The van der Waals surface area contributed by atoms with Crippen molar-refractivity contribution in [3.05, 3.63) is 59.7 Å². The number of rotatable bonds is 5. The summed E-state index contributed by atoms with van der Waals surface area (Å²) in [5.74, 6) is 0. The van der Waals surface area contributed by atoms with E-state index in [1.807, 2.05) is 43.3 Å². The van der Waals surface area contributed by atoms with Gasteiger partial charge in [0.1, 0.15) is 0 Å². The topological polar surface area (TPSA) is 62.2 Å². The van der Waals surface area contributed by atoms with Crippen molar-refractivity contribution in [3.63, 3.8) is 0 Å². The molecule has 0 aliphatic carbocycles. The Bertz CT molecular complexity index is 643. The molecule has 0 unspecified atom stereocenters. The van der Waals surface area contributed by atoms with Crippen LogP contribution in [0.4, 0.5) is 0 Å². The van der Waals surface area contributed by atoms with Crippen LogP contribution in [0.1, 0.15) is 17.1 Å². The molecule has 2 aromatic heterocycles. The zero-order valence-corrected chi connectivity index (χ0v) is 16.1. The zero-order chi connectivity index (χ0) is 17.6. The van der Waals surface area contributed by atoms with E-state index in [9.17, 15) is 0 Å². The predicted molar refractivity (Wildman–Crippen MR) is 100.0 cm³/mol. The first-order valence-corrected chi connectivity index (χ1v) is 9.87. The molecule has 0 spiro atoms. The van der Waals surface area contributed by atoms with Crippen molar-refractivity contribution in [1.29, 1.82) is 0 Å². The van der Waals surface area contributed by atoms with Gasteiger partial charge in [0.15, 0.2) is 5.11 Å². The van der Waals surface area contributed by atoms with E-state index in [1.165, 1.54) is 0 Å². The monoisotopic (exact) mass is 432 g/mol. The van der Waals surface area contributed by atoms with Crippen molar-refractivity contribution in [2.75, 3.05) is 6.54 Å². The van der Waals surface area contributed by atoms with E-state index in [-0.39, 0.29) is 0 Å². The maximum absolute atomic E-state index is 5.13. The summed E-state index contributed by atoms with van der Waals surface area (Å²) in [6.45, 7) is 2.65. The normalized spacial score (nSPS) is 10.1. The Hall–Kier alpha value is -1.24. The van der Waals surface area contributed by atoms with Crippen molar-refractivity contribution in [2.45, 2.75) is 13.3 Å². The Kier molecular flexibility index (Phi) is 11.4. The number of hydrogen-bond acceptors (Lipinski definition) is 4. The SMILES string of the molecule is Cc1cccc(/C=N/NC(=S)NCCc2ccccn2)n1.[Cl][Cu][Cl]. The number of nitrogens with one attached hydrogen (secondary N) is 2. The summed E-state index contributed by atoms with van der Waals surface area (Å²) in [7, 11) is 9.34. The third kappa shape index (κ3) is 9.80. The average molecular weight is 434 g/mol. The first-order valence-electron chi connectivity index (χ1n) is 6.87. The second-order valence-corrected chi connectivity index (χ2v) is 6.41. The minimum absolute atomic E-state index is 0.481. The molecular formula is C15H17Cl2CuN5S. The molecule has 0 amide bonds. The molecule has 24 heavy (non-hydrogen) atoms. The Labute approximate surface area is 161 Å². The number of nitrogens with zero attached hydrogens (tertiary/aromatic N) is 3. The number of aromatic nitrogens is 2. The Morgan fingerprint density at radius 1 is 1.29 bits per heavy atom. The fourth-order valence-electron chi connectivity index (χ4n) is 1.68. The van der Waals surface area contributed by atoms with Gasteiger partial charge in [-0.2, -0.15) is 5.10 Å². The van der Waals surface area contributed by atoms with Gasteiger partial charge in [0.05, 0.1) is 11.9 Å². The van der Waals surface area contributed by atoms with E-state index in [1.54, 1.807) is 12.4 Å². The van der Waals surface area contributed by atoms with Crippen molar-refractivity contribution in [3.8, 4) is 0 Å². The summed E-state index contributed by atoms with van der Waals surface area (Å²) in [6.07, 6.45) is 4.23. The third-order valence-electron chi connectivity index (χ3n) is 2.67. The molecule has 5 nitrogen and oxygen atoms in total. The second kappa shape index (κ2) is 13.1. The molecule has 0 aromatic carbocycles. The summed E-state index contributed by atoms with van der Waals surface area (Å²) < 4.78 is 0. The fraction of sp³-hybridized carbons (Fsp3) is 0.200. The van der Waals surface area contributed by atoms with Crippen molar-refractivity contribution in [1.82, 2.24) is 20.7 Å². The molecule has 0 atom stereocenters. The van der Waals surface area contributed by atoms with Gasteiger partial charge in [-0.3, -0.25) is 15.4 Å². The molecule has 0 saturated carbocycles. The van der Waals surface area contributed by atoms with Crippen LogP contribution in [-0.4, -0.2) is 27.8 Å². The summed E-state index contributed by atoms with van der Waals surface area (Å²) in [5.41, 5.74) is 5.54. The van der Waals surface area contributed by atoms with Crippen LogP contribution in [0.5, 0.6) is 0 Å². The van der Waals surface area contributed by atoms with Gasteiger partial charge in [-0.05, 0) is 43.4 Å². The molecular weight excluding hydrogens is 417 g/mol. The molecule has 133 valence electrons. The van der Waals surface area contributed by atoms with E-state index in [0.29, 0.717) is 11.7 Å². The van der Waals surface area contributed by atoms with Gasteiger partial charge >= 0.3 is 33.3 Å². The molecule has 2 aromatic rings. The van der Waals surface area contributed by atoms with Gasteiger partial charge in [0.2, 0.25) is 0 Å². The predicted octanol–water partition coefficient (Wildman–Crippen LogP) is 3.20. The molecule has 0 fully saturated rings. The van der Waals surface area contributed by atoms with Gasteiger partial charge in [-0.25, -0.2) is 0 Å². The van der Waals surface area contributed by atoms with E-state index in [4.69, 9.17) is 12.2 Å². The Morgan fingerprint density at radius 3 is 2.75 bits per heavy atom. The first-order chi connectivity index (χ1) is 11.7. The van der Waals surface area contributed by atoms with Crippen LogP contribution < -0.4 is 10.7 Å². The van der Waals surface area contributed by atoms with Crippen LogP contribution in [0.3, 0.4) is 0 Å². The molecule has 0 aliphatic heterocycles. The van der Waals surface area contributed by atoms with Crippen LogP contribution in [-0.2, 0) is 19.6 Å². The molecule has 9 heteroatoms. The van der Waals surface area contributed by atoms with E-state index in [2.05, 4.69) is 46.0 Å². The molecule has 0 aliphatic rings. The summed E-state index contributed by atoms with van der Waals surface area (Å²) in [5, 5.41) is 7.61. The van der Waals surface area contributed by atoms with Crippen LogP contribution in [0.2, 0.25) is 0 Å². The Balaban J connectivity index is 0.000000891. The van der Waals surface area contributed by atoms with Crippen molar-refractivity contribution < 1.29 is 13.1 Å². The number of thiocarbonyl (C=S) groups is 1. The fourth-order valence-corrected chi connectivity index (χ4v) is 1.84. The van der Waals surface area contributed by atoms with Crippen LogP contribution in [0.25, 0.3) is 0 Å². The molecule has 2 N–H and O–H groups in total. The molecule has 0 radical (unpaired) electrons. The van der Waals surface area contributed by atoms with E-state index < -0.39 is 0 Å². The third-order valence-corrected chi connectivity index (χ3v) is 2.90. The van der Waals surface area contributed by atoms with Crippen molar-refractivity contribution >= 4 is 43.7 Å². The van der Waals surface area contributed by atoms with Crippen LogP contribution >= 0.6 is 32.4 Å². The first kappa shape index (κ1) is 20.8. The van der Waals surface area contributed by atoms with Crippen molar-refractivity contribution in [2.24, 2.45) is 5.10 Å². The zero-order valence-electron chi connectivity index (χ0n) is 12.8. The van der Waals surface area contributed by atoms with Gasteiger partial charge in [-0.15, -0.1) is 0 Å². The quantitative estimate of drug-likeness (QED) is 0.328. The Morgan fingerprint density at radius 2 is 2.08 bits per heavy atom. The maximum atomic E-state index is 5.13. The minimum atomic E-state index is 0.481. The summed E-state index contributed by atoms with van der Waals surface area (Å²) in [6, 6.07) is 11.6. The molecule has 2 rings (SSSR count). The molecule has 0 bridgehead atoms. The second-order valence-electron chi connectivity index (χ2n) is 4.44. The van der Waals surface area contributed by atoms with Gasteiger partial charge in [-0.1, -0.05) is 12.1 Å². The number of halogens is 2. The number of hydrazone groups is 1. The van der Waals surface area contributed by atoms with Gasteiger partial charge in [0, 0.05) is 30.6 Å². The standard InChI is InChI=1S/C15H17N5S.2ClH.Cu/c1-12-5-4-7-14(19-12)11-18-20-15(21)17-10-8-13-6-2-3-9-16-13;;;/h2-7,9,11H,8,10H2,1H3,(H2,17,20,21);2*1H;/q;;;+2/p-2/b18-11+;;;.